The van der Waals surface area contributed by atoms with Crippen molar-refractivity contribution < 1.29 is 0 Å². The van der Waals surface area contributed by atoms with Crippen LogP contribution < -0.4 is 11.5 Å². The number of fused-ring (bicyclic) bond motifs is 1. The van der Waals surface area contributed by atoms with Crippen molar-refractivity contribution in [2.75, 3.05) is 18.0 Å². The standard InChI is InChI=1S/C19H27N.C5H5N5/c1-5-10-18-19-15(7-3)11-9-12-16(19)14-17(8-4)20(18)13-6-2;6-1-3-2-9-5(8)10-4(3)7/h9-12,14H,5-8,13H2,1-4H3;2H,(H4,7,8,9,10)/b18-10+;. The first kappa shape index (κ1) is 23.0. The van der Waals surface area contributed by atoms with Crippen LogP contribution in [0.3, 0.4) is 0 Å². The Kier molecular flexibility index (Phi) is 8.42. The monoisotopic (exact) mass is 404 g/mol. The highest BCUT2D eigenvalue weighted by Crippen LogP contribution is 2.37. The first-order valence-corrected chi connectivity index (χ1v) is 10.6. The molecule has 1 aliphatic rings. The number of nitrogen functional groups attached to an aromatic ring is 2. The van der Waals surface area contributed by atoms with E-state index in [0.717, 1.165) is 25.8 Å². The molecule has 0 saturated heterocycles. The minimum absolute atomic E-state index is 0.0801. The van der Waals surface area contributed by atoms with E-state index >= 15 is 0 Å². The number of anilines is 2. The zero-order valence-electron chi connectivity index (χ0n) is 18.4. The number of aromatic nitrogens is 2. The van der Waals surface area contributed by atoms with Crippen molar-refractivity contribution >= 4 is 23.5 Å². The molecule has 0 atom stereocenters. The molecule has 30 heavy (non-hydrogen) atoms. The Labute approximate surface area is 179 Å². The molecular weight excluding hydrogens is 372 g/mol. The maximum Gasteiger partial charge on any atom is 0.222 e. The van der Waals surface area contributed by atoms with Crippen molar-refractivity contribution in [3.8, 4) is 6.07 Å². The van der Waals surface area contributed by atoms with E-state index in [0.29, 0.717) is 0 Å². The predicted molar refractivity (Wildman–Crippen MR) is 125 cm³/mol. The number of nitrogens with two attached hydrogens (primary N) is 2. The van der Waals surface area contributed by atoms with E-state index in [1.165, 1.54) is 40.7 Å². The number of hydrogen-bond acceptors (Lipinski definition) is 6. The van der Waals surface area contributed by atoms with Crippen LogP contribution in [-0.4, -0.2) is 21.4 Å². The summed E-state index contributed by atoms with van der Waals surface area (Å²) < 4.78 is 0. The Balaban J connectivity index is 0.000000269. The second-order valence-electron chi connectivity index (χ2n) is 7.01. The number of allylic oxidation sites excluding steroid dienone is 2. The fourth-order valence-corrected chi connectivity index (χ4v) is 3.58. The Hall–Kier alpha value is -3.33. The summed E-state index contributed by atoms with van der Waals surface area (Å²) in [5, 5.41) is 8.36. The van der Waals surface area contributed by atoms with Crippen LogP contribution in [0.4, 0.5) is 11.8 Å². The van der Waals surface area contributed by atoms with E-state index in [-0.39, 0.29) is 17.3 Å². The predicted octanol–water partition coefficient (Wildman–Crippen LogP) is 4.99. The molecule has 0 unspecified atom stereocenters. The SMILES string of the molecule is CC/C=C1\c2c(cccc2CC)C=C(CC)N1CCC.N#Cc1cnc(N)nc1N. The summed E-state index contributed by atoms with van der Waals surface area (Å²) in [7, 11) is 0. The van der Waals surface area contributed by atoms with Crippen molar-refractivity contribution in [1.29, 1.82) is 5.26 Å². The molecule has 2 heterocycles. The van der Waals surface area contributed by atoms with Crippen LogP contribution in [0.5, 0.6) is 0 Å². The van der Waals surface area contributed by atoms with E-state index in [9.17, 15) is 0 Å². The zero-order valence-corrected chi connectivity index (χ0v) is 18.4. The molecule has 1 aliphatic heterocycles. The molecule has 3 rings (SSSR count). The van der Waals surface area contributed by atoms with Gasteiger partial charge in [0.15, 0.2) is 0 Å². The lowest BCUT2D eigenvalue weighted by atomic mass is 9.91. The third-order valence-corrected chi connectivity index (χ3v) is 4.94. The molecule has 0 aliphatic carbocycles. The van der Waals surface area contributed by atoms with Crippen LogP contribution in [0.1, 0.15) is 69.2 Å². The van der Waals surface area contributed by atoms with Crippen molar-refractivity contribution in [1.82, 2.24) is 14.9 Å². The molecule has 2 aromatic rings. The second-order valence-corrected chi connectivity index (χ2v) is 7.01. The molecule has 0 saturated carbocycles. The molecule has 0 amide bonds. The van der Waals surface area contributed by atoms with E-state index in [4.69, 9.17) is 16.7 Å². The van der Waals surface area contributed by atoms with Gasteiger partial charge in [0.2, 0.25) is 5.95 Å². The van der Waals surface area contributed by atoms with Crippen LogP contribution >= 0.6 is 0 Å². The minimum atomic E-state index is 0.0801. The summed E-state index contributed by atoms with van der Waals surface area (Å²) in [5.41, 5.74) is 17.9. The Morgan fingerprint density at radius 3 is 2.47 bits per heavy atom. The molecule has 1 aromatic carbocycles. The highest BCUT2D eigenvalue weighted by molar-refractivity contribution is 5.81. The first-order chi connectivity index (χ1) is 14.5. The molecule has 6 nitrogen and oxygen atoms in total. The Morgan fingerprint density at radius 1 is 1.13 bits per heavy atom. The normalized spacial score (nSPS) is 13.8. The van der Waals surface area contributed by atoms with Gasteiger partial charge < -0.3 is 16.4 Å². The molecule has 0 radical (unpaired) electrons. The number of nitriles is 1. The van der Waals surface area contributed by atoms with E-state index < -0.39 is 0 Å². The van der Waals surface area contributed by atoms with Gasteiger partial charge in [-0.2, -0.15) is 10.2 Å². The van der Waals surface area contributed by atoms with Crippen LogP contribution in [0.15, 0.2) is 36.2 Å². The fraction of sp³-hybridized carbons (Fsp3) is 0.375. The average Bonchev–Trinajstić information content (AvgIpc) is 2.75. The molecular formula is C24H32N6. The van der Waals surface area contributed by atoms with Crippen LogP contribution in [0, 0.1) is 11.3 Å². The average molecular weight is 405 g/mol. The quantitative estimate of drug-likeness (QED) is 0.727. The minimum Gasteiger partial charge on any atom is -0.382 e. The summed E-state index contributed by atoms with van der Waals surface area (Å²) in [5.74, 6) is 0.200. The van der Waals surface area contributed by atoms with Crippen molar-refractivity contribution in [2.45, 2.75) is 53.4 Å². The highest BCUT2D eigenvalue weighted by atomic mass is 15.2. The number of hydrogen-bond donors (Lipinski definition) is 2. The third-order valence-electron chi connectivity index (χ3n) is 4.94. The molecule has 4 N–H and O–H groups in total. The van der Waals surface area contributed by atoms with Crippen LogP contribution in [0.25, 0.3) is 11.8 Å². The summed E-state index contributed by atoms with van der Waals surface area (Å²) in [6, 6.07) is 8.55. The summed E-state index contributed by atoms with van der Waals surface area (Å²) in [6.07, 6.45) is 10.5. The molecule has 6 heteroatoms. The number of rotatable bonds is 5. The molecule has 1 aromatic heterocycles. The zero-order chi connectivity index (χ0) is 22.1. The summed E-state index contributed by atoms with van der Waals surface area (Å²) in [6.45, 7) is 10.1. The summed E-state index contributed by atoms with van der Waals surface area (Å²) >= 11 is 0. The maximum absolute atomic E-state index is 8.36. The largest absolute Gasteiger partial charge is 0.382 e. The smallest absolute Gasteiger partial charge is 0.222 e. The molecule has 0 spiro atoms. The van der Waals surface area contributed by atoms with Gasteiger partial charge in [-0.25, -0.2) is 4.98 Å². The Morgan fingerprint density at radius 2 is 1.90 bits per heavy atom. The van der Waals surface area contributed by atoms with Crippen LogP contribution in [-0.2, 0) is 6.42 Å². The molecule has 0 fully saturated rings. The van der Waals surface area contributed by atoms with Gasteiger partial charge in [-0.3, -0.25) is 0 Å². The molecule has 0 bridgehead atoms. The van der Waals surface area contributed by atoms with Gasteiger partial charge >= 0.3 is 0 Å². The summed E-state index contributed by atoms with van der Waals surface area (Å²) in [4.78, 5) is 9.67. The fourth-order valence-electron chi connectivity index (χ4n) is 3.58. The first-order valence-electron chi connectivity index (χ1n) is 10.6. The van der Waals surface area contributed by atoms with Gasteiger partial charge in [0.25, 0.3) is 0 Å². The van der Waals surface area contributed by atoms with Crippen molar-refractivity contribution in [2.24, 2.45) is 0 Å². The maximum atomic E-state index is 8.36. The topological polar surface area (TPSA) is 105 Å². The van der Waals surface area contributed by atoms with Gasteiger partial charge in [-0.1, -0.05) is 52.0 Å². The number of nitrogens with zero attached hydrogens (tertiary/aromatic N) is 4. The van der Waals surface area contributed by atoms with Gasteiger partial charge in [0, 0.05) is 23.5 Å². The van der Waals surface area contributed by atoms with E-state index in [1.807, 2.05) is 6.07 Å². The van der Waals surface area contributed by atoms with Gasteiger partial charge in [0.05, 0.1) is 6.20 Å². The lowest BCUT2D eigenvalue weighted by molar-refractivity contribution is 0.468. The number of benzene rings is 1. The van der Waals surface area contributed by atoms with Gasteiger partial charge in [0.1, 0.15) is 17.5 Å². The van der Waals surface area contributed by atoms with Crippen LogP contribution in [0.2, 0.25) is 0 Å². The number of aryl methyl sites for hydroxylation is 1. The molecule has 158 valence electrons. The van der Waals surface area contributed by atoms with Gasteiger partial charge in [-0.05, 0) is 42.9 Å². The van der Waals surface area contributed by atoms with Crippen molar-refractivity contribution in [3.63, 3.8) is 0 Å². The second kappa shape index (κ2) is 11.0. The van der Waals surface area contributed by atoms with E-state index in [2.05, 4.69) is 72.9 Å². The lowest BCUT2D eigenvalue weighted by Crippen LogP contribution is -2.26. The Bertz CT molecular complexity index is 968. The highest BCUT2D eigenvalue weighted by Gasteiger charge is 2.23. The third kappa shape index (κ3) is 5.18. The van der Waals surface area contributed by atoms with E-state index in [1.54, 1.807) is 0 Å². The lowest BCUT2D eigenvalue weighted by Gasteiger charge is -2.35. The van der Waals surface area contributed by atoms with Crippen molar-refractivity contribution in [3.05, 3.63) is 58.4 Å². The van der Waals surface area contributed by atoms with Gasteiger partial charge in [-0.15, -0.1) is 0 Å².